The Morgan fingerprint density at radius 1 is 0.964 bits per heavy atom. The highest BCUT2D eigenvalue weighted by Crippen LogP contribution is 2.39. The van der Waals surface area contributed by atoms with Crippen molar-refractivity contribution in [3.8, 4) is 5.75 Å². The molecule has 28 heavy (non-hydrogen) atoms. The van der Waals surface area contributed by atoms with Crippen LogP contribution in [-0.4, -0.2) is 36.9 Å². The average molecular weight is 380 g/mol. The third-order valence-electron chi connectivity index (χ3n) is 5.19. The lowest BCUT2D eigenvalue weighted by Gasteiger charge is -2.21. The van der Waals surface area contributed by atoms with Crippen molar-refractivity contribution in [3.05, 3.63) is 65.1 Å². The van der Waals surface area contributed by atoms with E-state index < -0.39 is 5.91 Å². The molecule has 0 bridgehead atoms. The maximum atomic E-state index is 13.4. The molecule has 6 heteroatoms. The Labute approximate surface area is 163 Å². The maximum Gasteiger partial charge on any atom is 0.282 e. The molecule has 0 aromatic heterocycles. The molecule has 1 saturated heterocycles. The number of nitrogens with zero attached hydrogens (tertiary/aromatic N) is 2. The van der Waals surface area contributed by atoms with E-state index in [9.17, 15) is 14.0 Å². The number of aryl methyl sites for hydroxylation is 1. The predicted molar refractivity (Wildman–Crippen MR) is 104 cm³/mol. The number of carbonyl (C=O) groups is 2. The molecule has 0 N–H and O–H groups in total. The Hall–Kier alpha value is -3.15. The summed E-state index contributed by atoms with van der Waals surface area (Å²) in [6, 6.07) is 11.1. The number of ether oxygens (including phenoxy) is 1. The van der Waals surface area contributed by atoms with Gasteiger partial charge in [-0.1, -0.05) is 18.2 Å². The maximum absolute atomic E-state index is 13.4. The second-order valence-electron chi connectivity index (χ2n) is 7.05. The Morgan fingerprint density at radius 3 is 2.29 bits per heavy atom. The molecular weight excluding hydrogens is 359 g/mol. The van der Waals surface area contributed by atoms with Crippen LogP contribution in [0.2, 0.25) is 0 Å². The molecule has 2 aromatic carbocycles. The van der Waals surface area contributed by atoms with Crippen LogP contribution >= 0.6 is 0 Å². The van der Waals surface area contributed by atoms with E-state index in [4.69, 9.17) is 4.74 Å². The van der Waals surface area contributed by atoms with Crippen LogP contribution in [0.4, 0.5) is 10.1 Å². The van der Waals surface area contributed by atoms with Crippen LogP contribution in [0.1, 0.15) is 24.0 Å². The van der Waals surface area contributed by atoms with E-state index in [1.807, 2.05) is 17.9 Å². The second kappa shape index (κ2) is 7.11. The average Bonchev–Trinajstić information content (AvgIpc) is 3.29. The number of halogens is 1. The highest BCUT2D eigenvalue weighted by molar-refractivity contribution is 6.45. The number of likely N-dealkylation sites (tertiary alicyclic amines) is 1. The molecule has 2 aliphatic rings. The number of methoxy groups -OCH3 is 1. The van der Waals surface area contributed by atoms with Crippen molar-refractivity contribution in [3.63, 3.8) is 0 Å². The summed E-state index contributed by atoms with van der Waals surface area (Å²) in [5.41, 5.74) is 2.57. The summed E-state index contributed by atoms with van der Waals surface area (Å²) in [6.07, 6.45) is 1.94. The van der Waals surface area contributed by atoms with Crippen molar-refractivity contribution in [1.82, 2.24) is 4.90 Å². The van der Waals surface area contributed by atoms with Crippen LogP contribution in [-0.2, 0) is 9.59 Å². The molecule has 2 heterocycles. The SMILES string of the molecule is COc1ccc(C)cc1N1C(=O)C(c2ccc(F)cc2)=C(N2CCCC2)C1=O. The first-order valence-electron chi connectivity index (χ1n) is 9.30. The van der Waals surface area contributed by atoms with Gasteiger partial charge in [0, 0.05) is 13.1 Å². The lowest BCUT2D eigenvalue weighted by Crippen LogP contribution is -2.34. The zero-order valence-electron chi connectivity index (χ0n) is 15.9. The molecule has 2 aliphatic heterocycles. The van der Waals surface area contributed by atoms with E-state index in [2.05, 4.69) is 0 Å². The fourth-order valence-corrected chi connectivity index (χ4v) is 3.82. The zero-order valence-corrected chi connectivity index (χ0v) is 15.9. The fourth-order valence-electron chi connectivity index (χ4n) is 3.82. The van der Waals surface area contributed by atoms with Gasteiger partial charge in [-0.25, -0.2) is 9.29 Å². The highest BCUT2D eigenvalue weighted by atomic mass is 19.1. The summed E-state index contributed by atoms with van der Waals surface area (Å²) in [5.74, 6) is -0.716. The van der Waals surface area contributed by atoms with E-state index in [1.165, 1.54) is 24.1 Å². The molecule has 144 valence electrons. The van der Waals surface area contributed by atoms with Crippen molar-refractivity contribution >= 4 is 23.1 Å². The van der Waals surface area contributed by atoms with Crippen molar-refractivity contribution < 1.29 is 18.7 Å². The minimum Gasteiger partial charge on any atom is -0.495 e. The van der Waals surface area contributed by atoms with E-state index in [1.54, 1.807) is 24.3 Å². The van der Waals surface area contributed by atoms with Crippen LogP contribution in [0.25, 0.3) is 5.57 Å². The van der Waals surface area contributed by atoms with Crippen LogP contribution in [0.3, 0.4) is 0 Å². The zero-order chi connectivity index (χ0) is 19.8. The molecule has 2 aromatic rings. The summed E-state index contributed by atoms with van der Waals surface area (Å²) < 4.78 is 18.8. The molecule has 0 spiro atoms. The summed E-state index contributed by atoms with van der Waals surface area (Å²) in [6.45, 7) is 3.33. The third kappa shape index (κ3) is 2.95. The van der Waals surface area contributed by atoms with Gasteiger partial charge in [0.1, 0.15) is 17.3 Å². The van der Waals surface area contributed by atoms with Gasteiger partial charge in [0.05, 0.1) is 18.4 Å². The van der Waals surface area contributed by atoms with Gasteiger partial charge < -0.3 is 9.64 Å². The summed E-state index contributed by atoms with van der Waals surface area (Å²) >= 11 is 0. The number of anilines is 1. The summed E-state index contributed by atoms with van der Waals surface area (Å²) in [4.78, 5) is 30.0. The van der Waals surface area contributed by atoms with Crippen LogP contribution in [0.15, 0.2) is 48.2 Å². The van der Waals surface area contributed by atoms with Gasteiger partial charge in [0.15, 0.2) is 0 Å². The molecule has 0 atom stereocenters. The number of hydrogen-bond donors (Lipinski definition) is 0. The van der Waals surface area contributed by atoms with E-state index in [0.717, 1.165) is 31.5 Å². The normalized spacial score (nSPS) is 17.1. The third-order valence-corrected chi connectivity index (χ3v) is 5.19. The van der Waals surface area contributed by atoms with Crippen molar-refractivity contribution in [2.24, 2.45) is 0 Å². The number of carbonyl (C=O) groups excluding carboxylic acids is 2. The van der Waals surface area contributed by atoms with Gasteiger partial charge in [-0.15, -0.1) is 0 Å². The van der Waals surface area contributed by atoms with Gasteiger partial charge in [-0.05, 0) is 55.2 Å². The molecule has 5 nitrogen and oxygen atoms in total. The number of imide groups is 1. The molecule has 0 saturated carbocycles. The molecule has 4 rings (SSSR count). The standard InChI is InChI=1S/C22H21FN2O3/c1-14-5-10-18(28-2)17(13-14)25-21(26)19(15-6-8-16(23)9-7-15)20(22(25)27)24-11-3-4-12-24/h5-10,13H,3-4,11-12H2,1-2H3. The van der Waals surface area contributed by atoms with Gasteiger partial charge in [0.2, 0.25) is 0 Å². The number of hydrogen-bond acceptors (Lipinski definition) is 4. The van der Waals surface area contributed by atoms with E-state index >= 15 is 0 Å². The molecule has 0 aliphatic carbocycles. The van der Waals surface area contributed by atoms with Gasteiger partial charge in [-0.2, -0.15) is 0 Å². The molecule has 0 unspecified atom stereocenters. The van der Waals surface area contributed by atoms with E-state index in [0.29, 0.717) is 28.3 Å². The van der Waals surface area contributed by atoms with Crippen molar-refractivity contribution in [2.75, 3.05) is 25.1 Å². The Balaban J connectivity index is 1.86. The first-order chi connectivity index (χ1) is 13.5. The smallest absolute Gasteiger partial charge is 0.282 e. The lowest BCUT2D eigenvalue weighted by molar-refractivity contribution is -0.120. The van der Waals surface area contributed by atoms with Gasteiger partial charge in [-0.3, -0.25) is 9.59 Å². The Bertz CT molecular complexity index is 976. The van der Waals surface area contributed by atoms with Gasteiger partial charge >= 0.3 is 0 Å². The number of benzene rings is 2. The first kappa shape index (κ1) is 18.2. The molecule has 2 amide bonds. The first-order valence-corrected chi connectivity index (χ1v) is 9.30. The van der Waals surface area contributed by atoms with Crippen molar-refractivity contribution in [1.29, 1.82) is 0 Å². The van der Waals surface area contributed by atoms with Crippen LogP contribution < -0.4 is 9.64 Å². The largest absolute Gasteiger partial charge is 0.495 e. The lowest BCUT2D eigenvalue weighted by atomic mass is 10.0. The molecule has 1 fully saturated rings. The van der Waals surface area contributed by atoms with Gasteiger partial charge in [0.25, 0.3) is 11.8 Å². The summed E-state index contributed by atoms with van der Waals surface area (Å²) in [7, 11) is 1.51. The van der Waals surface area contributed by atoms with Crippen molar-refractivity contribution in [2.45, 2.75) is 19.8 Å². The highest BCUT2D eigenvalue weighted by Gasteiger charge is 2.43. The number of rotatable bonds is 4. The topological polar surface area (TPSA) is 49.9 Å². The quantitative estimate of drug-likeness (QED) is 0.762. The minimum atomic E-state index is -0.414. The Morgan fingerprint density at radius 2 is 1.64 bits per heavy atom. The monoisotopic (exact) mass is 380 g/mol. The second-order valence-corrected chi connectivity index (χ2v) is 7.05. The Kier molecular flexibility index (Phi) is 4.63. The molecule has 0 radical (unpaired) electrons. The fraction of sp³-hybridized carbons (Fsp3) is 0.273. The summed E-state index contributed by atoms with van der Waals surface area (Å²) in [5, 5.41) is 0. The number of amides is 2. The van der Waals surface area contributed by atoms with Crippen LogP contribution in [0.5, 0.6) is 5.75 Å². The minimum absolute atomic E-state index is 0.315. The van der Waals surface area contributed by atoms with Crippen LogP contribution in [0, 0.1) is 12.7 Å². The predicted octanol–water partition coefficient (Wildman–Crippen LogP) is 3.52. The van der Waals surface area contributed by atoms with E-state index in [-0.39, 0.29) is 11.7 Å². The molecular formula is C22H21FN2O3.